The highest BCUT2D eigenvalue weighted by Crippen LogP contribution is 2.12. The van der Waals surface area contributed by atoms with Crippen molar-refractivity contribution in [2.45, 2.75) is 90.1 Å². The molecule has 0 saturated carbocycles. The molecule has 21 heavy (non-hydrogen) atoms. The maximum atomic E-state index is 11.7. The van der Waals surface area contributed by atoms with Gasteiger partial charge in [0.15, 0.2) is 0 Å². The van der Waals surface area contributed by atoms with Gasteiger partial charge in [0.25, 0.3) is 0 Å². The molecule has 0 aliphatic rings. The van der Waals surface area contributed by atoms with E-state index in [2.05, 4.69) is 11.7 Å². The molecule has 0 heterocycles. The summed E-state index contributed by atoms with van der Waals surface area (Å²) in [5.41, 5.74) is 0. The summed E-state index contributed by atoms with van der Waals surface area (Å²) in [5, 5.41) is 18.5. The number of esters is 1. The Balaban J connectivity index is 3.92. The molecular weight excluding hydrogens is 268 g/mol. The van der Waals surface area contributed by atoms with Gasteiger partial charge < -0.3 is 14.9 Å². The molecule has 0 spiro atoms. The van der Waals surface area contributed by atoms with Crippen molar-refractivity contribution in [2.75, 3.05) is 13.1 Å². The van der Waals surface area contributed by atoms with Crippen LogP contribution in [0.5, 0.6) is 0 Å². The van der Waals surface area contributed by atoms with Gasteiger partial charge in [-0.05, 0) is 6.42 Å². The van der Waals surface area contributed by atoms with Crippen LogP contribution < -0.4 is 0 Å². The van der Waals surface area contributed by atoms with E-state index in [0.29, 0.717) is 6.42 Å². The number of hydrogen-bond acceptors (Lipinski definition) is 4. The third kappa shape index (κ3) is 14.1. The number of hydrogen-bond donors (Lipinski definition) is 2. The van der Waals surface area contributed by atoms with Crippen molar-refractivity contribution >= 4 is 5.97 Å². The van der Waals surface area contributed by atoms with Crippen molar-refractivity contribution in [1.29, 1.82) is 0 Å². The molecule has 4 heteroatoms. The Hall–Kier alpha value is -0.610. The number of rotatable bonds is 15. The average molecular weight is 307 g/mol. The van der Waals surface area contributed by atoms with Crippen molar-refractivity contribution in [3.63, 3.8) is 0 Å². The van der Waals surface area contributed by atoms with Crippen molar-refractivity contribution in [3.8, 4) is 0 Å². The van der Waals surface area contributed by atoms with Crippen LogP contribution in [0, 0.1) is 0 Å². The minimum atomic E-state index is -3.54. The van der Waals surface area contributed by atoms with Gasteiger partial charge in [-0.25, -0.2) is 0 Å². The van der Waals surface area contributed by atoms with Gasteiger partial charge in [-0.3, -0.25) is 4.79 Å². The van der Waals surface area contributed by atoms with Gasteiger partial charge in [-0.2, -0.15) is 0 Å². The molecular formula is C17H34O4. The van der Waals surface area contributed by atoms with Crippen LogP contribution in [0.25, 0.3) is 0 Å². The Morgan fingerprint density at radius 1 is 0.952 bits per heavy atom. The first-order chi connectivity index (χ1) is 12.0. The first kappa shape index (κ1) is 12.9. The molecule has 0 atom stereocenters. The molecule has 4 nitrogen and oxygen atoms in total. The number of carbonyl (C=O) groups excluding carboxylic acids is 1. The molecule has 0 unspecified atom stereocenters. The molecule has 126 valence electrons. The van der Waals surface area contributed by atoms with E-state index >= 15 is 0 Å². The maximum absolute atomic E-state index is 11.7. The minimum absolute atomic E-state index is 0.121. The van der Waals surface area contributed by atoms with Gasteiger partial charge in [0.05, 0.1) is 20.0 Å². The number of aliphatic hydroxyl groups is 2. The minimum Gasteiger partial charge on any atom is -0.457 e. The van der Waals surface area contributed by atoms with Crippen LogP contribution in [0.1, 0.15) is 90.8 Å². The summed E-state index contributed by atoms with van der Waals surface area (Å²) in [5.74, 6) is -1.02. The summed E-state index contributed by atoms with van der Waals surface area (Å²) in [6, 6.07) is 0. The predicted molar refractivity (Wildman–Crippen MR) is 85.1 cm³/mol. The fourth-order valence-corrected chi connectivity index (χ4v) is 2.17. The zero-order valence-corrected chi connectivity index (χ0v) is 13.2. The molecule has 2 N–H and O–H groups in total. The molecule has 0 aliphatic heterocycles. The van der Waals surface area contributed by atoms with E-state index in [1.54, 1.807) is 0 Å². The normalized spacial score (nSPS) is 16.4. The Morgan fingerprint density at radius 3 is 1.81 bits per heavy atom. The first-order valence-electron chi connectivity index (χ1n) is 10.6. The fourth-order valence-electron chi connectivity index (χ4n) is 2.17. The van der Waals surface area contributed by atoms with E-state index in [0.717, 1.165) is 25.7 Å². The second kappa shape index (κ2) is 15.8. The number of unbranched alkanes of at least 4 members (excludes halogenated alkanes) is 10. The fraction of sp³-hybridized carbons (Fsp3) is 0.941. The van der Waals surface area contributed by atoms with Crippen LogP contribution in [0.15, 0.2) is 0 Å². The van der Waals surface area contributed by atoms with Gasteiger partial charge >= 0.3 is 5.97 Å². The molecule has 0 aromatic heterocycles. The Kier molecular flexibility index (Phi) is 9.68. The second-order valence-corrected chi connectivity index (χ2v) is 5.31. The zero-order chi connectivity index (χ0) is 20.3. The maximum Gasteiger partial charge on any atom is 0.306 e. The average Bonchev–Trinajstić information content (AvgIpc) is 2.50. The van der Waals surface area contributed by atoms with Crippen LogP contribution in [0.3, 0.4) is 0 Å². The van der Waals surface area contributed by atoms with Gasteiger partial charge in [-0.1, -0.05) is 71.1 Å². The lowest BCUT2D eigenvalue weighted by Crippen LogP contribution is -2.25. The molecule has 0 rings (SSSR count). The van der Waals surface area contributed by atoms with Crippen molar-refractivity contribution in [3.05, 3.63) is 0 Å². The molecule has 0 amide bonds. The molecule has 0 radical (unpaired) electrons. The lowest BCUT2D eigenvalue weighted by molar-refractivity contribution is -0.153. The molecule has 0 fully saturated rings. The largest absolute Gasteiger partial charge is 0.457 e. The first-order valence-corrected chi connectivity index (χ1v) is 8.12. The Bertz CT molecular complexity index is 380. The van der Waals surface area contributed by atoms with Crippen molar-refractivity contribution in [2.24, 2.45) is 0 Å². The van der Waals surface area contributed by atoms with Gasteiger partial charge in [-0.15, -0.1) is 0 Å². The summed E-state index contributed by atoms with van der Waals surface area (Å²) in [6.45, 7) is -4.89. The van der Waals surface area contributed by atoms with Gasteiger partial charge in [0, 0.05) is 6.42 Å². The standard InChI is InChI=1S/C17H34O4/c1-2-3-4-5-6-7-8-9-10-11-12-13-17(20)21-16(14-18)15-19/h16,18-19H,2-15H2,1H3/i14D2,15D2,16D. The van der Waals surface area contributed by atoms with E-state index in [1.165, 1.54) is 38.5 Å². The summed E-state index contributed by atoms with van der Waals surface area (Å²) in [6.07, 6.45) is 8.45. The predicted octanol–water partition coefficient (Wildman–Crippen LogP) is 3.58. The molecule has 0 aromatic rings. The number of ether oxygens (including phenoxy) is 1. The highest BCUT2D eigenvalue weighted by Gasteiger charge is 2.11. The quantitative estimate of drug-likeness (QED) is 0.358. The van der Waals surface area contributed by atoms with Crippen LogP contribution in [-0.4, -0.2) is 35.4 Å². The van der Waals surface area contributed by atoms with E-state index in [9.17, 15) is 15.0 Å². The van der Waals surface area contributed by atoms with Crippen LogP contribution in [-0.2, 0) is 9.53 Å². The third-order valence-electron chi connectivity index (χ3n) is 3.40. The molecule has 0 saturated heterocycles. The molecule has 0 bridgehead atoms. The summed E-state index contributed by atoms with van der Waals surface area (Å²) >= 11 is 0. The second-order valence-electron chi connectivity index (χ2n) is 5.31. The van der Waals surface area contributed by atoms with E-state index in [1.807, 2.05) is 0 Å². The molecule has 0 aliphatic carbocycles. The van der Waals surface area contributed by atoms with Crippen LogP contribution in [0.2, 0.25) is 0 Å². The Morgan fingerprint density at radius 2 is 1.38 bits per heavy atom. The van der Waals surface area contributed by atoms with Crippen molar-refractivity contribution in [1.82, 2.24) is 0 Å². The smallest absolute Gasteiger partial charge is 0.306 e. The highest BCUT2D eigenvalue weighted by molar-refractivity contribution is 5.69. The summed E-state index contributed by atoms with van der Waals surface area (Å²) < 4.78 is 40.2. The van der Waals surface area contributed by atoms with Gasteiger partial charge in [0.2, 0.25) is 0 Å². The SMILES string of the molecule is [2H]C([2H])(O)C([2H])(OC(=O)CCCCCCCCCCCCC)C([2H])([2H])O. The zero-order valence-electron chi connectivity index (χ0n) is 18.2. The molecule has 0 aromatic carbocycles. The lowest BCUT2D eigenvalue weighted by atomic mass is 10.1. The van der Waals surface area contributed by atoms with E-state index < -0.39 is 25.2 Å². The summed E-state index contributed by atoms with van der Waals surface area (Å²) in [4.78, 5) is 11.7. The van der Waals surface area contributed by atoms with Crippen molar-refractivity contribution < 1.29 is 26.6 Å². The topological polar surface area (TPSA) is 66.8 Å². The van der Waals surface area contributed by atoms with Crippen LogP contribution in [0.4, 0.5) is 0 Å². The number of carbonyl (C=O) groups is 1. The summed E-state index contributed by atoms with van der Waals surface area (Å²) in [7, 11) is 0. The van der Waals surface area contributed by atoms with E-state index in [4.69, 9.17) is 6.85 Å². The monoisotopic (exact) mass is 307 g/mol. The van der Waals surface area contributed by atoms with Crippen LogP contribution >= 0.6 is 0 Å². The van der Waals surface area contributed by atoms with E-state index in [-0.39, 0.29) is 6.42 Å². The Labute approximate surface area is 136 Å². The third-order valence-corrected chi connectivity index (χ3v) is 3.40. The highest BCUT2D eigenvalue weighted by atomic mass is 16.6. The lowest BCUT2D eigenvalue weighted by Gasteiger charge is -2.12. The van der Waals surface area contributed by atoms with Gasteiger partial charge in [0.1, 0.15) is 6.08 Å².